The molecule has 3 nitrogen and oxygen atoms in total. The number of ketones is 1. The van der Waals surface area contributed by atoms with E-state index in [2.05, 4.69) is 4.98 Å². The van der Waals surface area contributed by atoms with Crippen LogP contribution in [0.15, 0.2) is 18.5 Å². The summed E-state index contributed by atoms with van der Waals surface area (Å²) in [6.07, 6.45) is 9.87. The highest BCUT2D eigenvalue weighted by molar-refractivity contribution is 5.97. The zero-order valence-corrected chi connectivity index (χ0v) is 11.1. The van der Waals surface area contributed by atoms with Gasteiger partial charge in [0.25, 0.3) is 0 Å². The maximum atomic E-state index is 12.4. The standard InChI is InChI=1S/C15H22N2O/c1-12-5-8-17-10-13(12)14(18)9-15(11-16)6-3-2-4-7-15/h5,8,10H,2-4,6-7,9,11,16H2,1H3. The van der Waals surface area contributed by atoms with E-state index >= 15 is 0 Å². The Labute approximate surface area is 109 Å². The SMILES string of the molecule is Cc1ccncc1C(=O)CC1(CN)CCCCC1. The molecule has 3 heteroatoms. The molecule has 0 aromatic carbocycles. The number of aromatic nitrogens is 1. The van der Waals surface area contributed by atoms with E-state index in [9.17, 15) is 4.79 Å². The summed E-state index contributed by atoms with van der Waals surface area (Å²) in [5, 5.41) is 0. The van der Waals surface area contributed by atoms with Crippen LogP contribution in [0.5, 0.6) is 0 Å². The number of carbonyl (C=O) groups excluding carboxylic acids is 1. The minimum absolute atomic E-state index is 0.0393. The molecular weight excluding hydrogens is 224 g/mol. The fourth-order valence-electron chi connectivity index (χ4n) is 2.95. The topological polar surface area (TPSA) is 56.0 Å². The van der Waals surface area contributed by atoms with Gasteiger partial charge in [-0.05, 0) is 43.4 Å². The first-order valence-electron chi connectivity index (χ1n) is 6.81. The van der Waals surface area contributed by atoms with Crippen LogP contribution in [0.4, 0.5) is 0 Å². The predicted octanol–water partition coefficient (Wildman–Crippen LogP) is 2.87. The molecule has 1 fully saturated rings. The number of aryl methyl sites for hydroxylation is 1. The van der Waals surface area contributed by atoms with Gasteiger partial charge in [-0.3, -0.25) is 9.78 Å². The molecule has 2 rings (SSSR count). The average molecular weight is 246 g/mol. The van der Waals surface area contributed by atoms with Gasteiger partial charge in [0.1, 0.15) is 0 Å². The summed E-state index contributed by atoms with van der Waals surface area (Å²) in [6, 6.07) is 1.89. The maximum absolute atomic E-state index is 12.4. The second-order valence-corrected chi connectivity index (χ2v) is 5.56. The average Bonchev–Trinajstić information content (AvgIpc) is 2.40. The lowest BCUT2D eigenvalue weighted by atomic mass is 9.70. The first-order chi connectivity index (χ1) is 8.67. The monoisotopic (exact) mass is 246 g/mol. The Morgan fingerprint density at radius 2 is 2.11 bits per heavy atom. The Morgan fingerprint density at radius 3 is 2.72 bits per heavy atom. The lowest BCUT2D eigenvalue weighted by molar-refractivity contribution is 0.0867. The molecule has 1 aromatic heterocycles. The zero-order chi connectivity index (χ0) is 13.0. The Bertz CT molecular complexity index is 422. The van der Waals surface area contributed by atoms with Crippen molar-refractivity contribution in [3.05, 3.63) is 29.6 Å². The number of hydrogen-bond donors (Lipinski definition) is 1. The van der Waals surface area contributed by atoms with Crippen LogP contribution >= 0.6 is 0 Å². The van der Waals surface area contributed by atoms with Crippen molar-refractivity contribution in [3.63, 3.8) is 0 Å². The zero-order valence-electron chi connectivity index (χ0n) is 11.1. The van der Waals surface area contributed by atoms with E-state index in [0.29, 0.717) is 13.0 Å². The third-order valence-corrected chi connectivity index (χ3v) is 4.22. The van der Waals surface area contributed by atoms with E-state index in [1.54, 1.807) is 12.4 Å². The molecule has 0 aliphatic heterocycles. The van der Waals surface area contributed by atoms with E-state index in [1.807, 2.05) is 13.0 Å². The van der Waals surface area contributed by atoms with Gasteiger partial charge in [-0.15, -0.1) is 0 Å². The van der Waals surface area contributed by atoms with Crippen LogP contribution in [0.1, 0.15) is 54.4 Å². The fourth-order valence-corrected chi connectivity index (χ4v) is 2.95. The summed E-state index contributed by atoms with van der Waals surface area (Å²) in [5.41, 5.74) is 7.75. The normalized spacial score (nSPS) is 18.6. The van der Waals surface area contributed by atoms with Crippen molar-refractivity contribution in [1.82, 2.24) is 4.98 Å². The van der Waals surface area contributed by atoms with E-state index in [4.69, 9.17) is 5.73 Å². The van der Waals surface area contributed by atoms with Gasteiger partial charge >= 0.3 is 0 Å². The van der Waals surface area contributed by atoms with Crippen molar-refractivity contribution in [2.24, 2.45) is 11.1 Å². The Kier molecular flexibility index (Phi) is 4.12. The number of nitrogens with two attached hydrogens (primary N) is 1. The highest BCUT2D eigenvalue weighted by atomic mass is 16.1. The Morgan fingerprint density at radius 1 is 1.39 bits per heavy atom. The number of pyridine rings is 1. The molecule has 1 heterocycles. The number of nitrogens with zero attached hydrogens (tertiary/aromatic N) is 1. The third-order valence-electron chi connectivity index (χ3n) is 4.22. The van der Waals surface area contributed by atoms with Gasteiger partial charge in [0.2, 0.25) is 0 Å². The number of carbonyl (C=O) groups is 1. The van der Waals surface area contributed by atoms with Crippen molar-refractivity contribution in [2.45, 2.75) is 45.4 Å². The molecule has 0 radical (unpaired) electrons. The second kappa shape index (κ2) is 5.61. The summed E-state index contributed by atoms with van der Waals surface area (Å²) in [5.74, 6) is 0.202. The van der Waals surface area contributed by atoms with E-state index in [0.717, 1.165) is 24.0 Å². The van der Waals surface area contributed by atoms with Gasteiger partial charge in [0, 0.05) is 24.4 Å². The van der Waals surface area contributed by atoms with Crippen LogP contribution in [0.25, 0.3) is 0 Å². The molecule has 0 unspecified atom stereocenters. The fraction of sp³-hybridized carbons (Fsp3) is 0.600. The van der Waals surface area contributed by atoms with Crippen molar-refractivity contribution in [1.29, 1.82) is 0 Å². The van der Waals surface area contributed by atoms with E-state index in [1.165, 1.54) is 19.3 Å². The van der Waals surface area contributed by atoms with Crippen LogP contribution in [0, 0.1) is 12.3 Å². The molecule has 18 heavy (non-hydrogen) atoms. The first-order valence-corrected chi connectivity index (χ1v) is 6.81. The lowest BCUT2D eigenvalue weighted by Crippen LogP contribution is -2.35. The van der Waals surface area contributed by atoms with Crippen molar-refractivity contribution in [2.75, 3.05) is 6.54 Å². The minimum atomic E-state index is 0.0393. The molecule has 0 spiro atoms. The molecule has 1 aromatic rings. The predicted molar refractivity (Wildman–Crippen MR) is 72.5 cm³/mol. The molecular formula is C15H22N2O. The largest absolute Gasteiger partial charge is 0.330 e. The summed E-state index contributed by atoms with van der Waals surface area (Å²) >= 11 is 0. The smallest absolute Gasteiger partial charge is 0.165 e. The van der Waals surface area contributed by atoms with E-state index < -0.39 is 0 Å². The minimum Gasteiger partial charge on any atom is -0.330 e. The highest BCUT2D eigenvalue weighted by Crippen LogP contribution is 2.39. The quantitative estimate of drug-likeness (QED) is 0.831. The van der Waals surface area contributed by atoms with Gasteiger partial charge in [0.15, 0.2) is 5.78 Å². The number of rotatable bonds is 4. The van der Waals surface area contributed by atoms with Crippen LogP contribution in [0.3, 0.4) is 0 Å². The molecule has 0 saturated heterocycles. The number of hydrogen-bond acceptors (Lipinski definition) is 3. The molecule has 0 amide bonds. The molecule has 0 atom stereocenters. The van der Waals surface area contributed by atoms with E-state index in [-0.39, 0.29) is 11.2 Å². The van der Waals surface area contributed by atoms with Gasteiger partial charge in [-0.25, -0.2) is 0 Å². The summed E-state index contributed by atoms with van der Waals surface area (Å²) in [4.78, 5) is 16.5. The second-order valence-electron chi connectivity index (χ2n) is 5.56. The van der Waals surface area contributed by atoms with Gasteiger partial charge in [-0.1, -0.05) is 19.3 Å². The molecule has 98 valence electrons. The van der Waals surface area contributed by atoms with Gasteiger partial charge < -0.3 is 5.73 Å². The van der Waals surface area contributed by atoms with Crippen LogP contribution in [-0.4, -0.2) is 17.3 Å². The van der Waals surface area contributed by atoms with Crippen molar-refractivity contribution < 1.29 is 4.79 Å². The summed E-state index contributed by atoms with van der Waals surface area (Å²) in [6.45, 7) is 2.59. The van der Waals surface area contributed by atoms with Crippen LogP contribution in [0.2, 0.25) is 0 Å². The first kappa shape index (κ1) is 13.2. The Balaban J connectivity index is 2.13. The molecule has 1 aliphatic rings. The van der Waals surface area contributed by atoms with Gasteiger partial charge in [0.05, 0.1) is 0 Å². The number of Topliss-reactive ketones (excluding diaryl/α,β-unsaturated/α-hetero) is 1. The lowest BCUT2D eigenvalue weighted by Gasteiger charge is -2.35. The molecule has 2 N–H and O–H groups in total. The third kappa shape index (κ3) is 2.78. The van der Waals surface area contributed by atoms with Crippen molar-refractivity contribution >= 4 is 5.78 Å². The Hall–Kier alpha value is -1.22. The summed E-state index contributed by atoms with van der Waals surface area (Å²) in [7, 11) is 0. The maximum Gasteiger partial charge on any atom is 0.165 e. The molecule has 0 bridgehead atoms. The van der Waals surface area contributed by atoms with Gasteiger partial charge in [-0.2, -0.15) is 0 Å². The summed E-state index contributed by atoms with van der Waals surface area (Å²) < 4.78 is 0. The molecule has 1 saturated carbocycles. The van der Waals surface area contributed by atoms with Crippen LogP contribution in [-0.2, 0) is 0 Å². The van der Waals surface area contributed by atoms with Crippen molar-refractivity contribution in [3.8, 4) is 0 Å². The van der Waals surface area contributed by atoms with Crippen LogP contribution < -0.4 is 5.73 Å². The molecule has 1 aliphatic carbocycles. The highest BCUT2D eigenvalue weighted by Gasteiger charge is 2.33.